The molecule has 0 saturated carbocycles. The third-order valence-corrected chi connectivity index (χ3v) is 4.74. The highest BCUT2D eigenvalue weighted by atomic mass is 19.4. The van der Waals surface area contributed by atoms with Crippen LogP contribution in [0.3, 0.4) is 0 Å². The first-order valence-electron chi connectivity index (χ1n) is 9.53. The Morgan fingerprint density at radius 1 is 1.12 bits per heavy atom. The molecule has 8 nitrogen and oxygen atoms in total. The molecule has 1 unspecified atom stereocenters. The summed E-state index contributed by atoms with van der Waals surface area (Å²) in [6.07, 6.45) is -4.04. The maximum absolute atomic E-state index is 13.1. The summed E-state index contributed by atoms with van der Waals surface area (Å²) in [5.41, 5.74) is -1.34. The number of benzene rings is 1. The number of alkyl halides is 3. The molecule has 1 aromatic heterocycles. The number of amides is 2. The molecule has 2 amide bonds. The number of pyridine rings is 1. The highest BCUT2D eigenvalue weighted by molar-refractivity contribution is 5.95. The molecule has 2 heterocycles. The van der Waals surface area contributed by atoms with Crippen molar-refractivity contribution in [1.82, 2.24) is 15.2 Å². The van der Waals surface area contributed by atoms with Gasteiger partial charge in [-0.25, -0.2) is 9.59 Å². The quantitative estimate of drug-likeness (QED) is 0.659. The molecular weight excluding hydrogens is 431 g/mol. The second-order valence-corrected chi connectivity index (χ2v) is 6.80. The molecule has 3 rings (SSSR count). The Morgan fingerprint density at radius 2 is 1.81 bits per heavy atom. The fraction of sp³-hybridized carbons (Fsp3) is 0.286. The lowest BCUT2D eigenvalue weighted by Gasteiger charge is -2.29. The number of allylic oxidation sites excluding steroid dienone is 1. The van der Waals surface area contributed by atoms with Gasteiger partial charge in [-0.3, -0.25) is 4.79 Å². The summed E-state index contributed by atoms with van der Waals surface area (Å²) >= 11 is 0. The summed E-state index contributed by atoms with van der Waals surface area (Å²) < 4.78 is 50.3. The minimum absolute atomic E-state index is 0.0269. The number of methoxy groups -OCH3 is 1. The Hall–Kier alpha value is -3.76. The largest absolute Gasteiger partial charge is 0.497 e. The molecule has 0 bridgehead atoms. The number of nitrogens with one attached hydrogen (secondary N) is 2. The van der Waals surface area contributed by atoms with E-state index >= 15 is 0 Å². The van der Waals surface area contributed by atoms with E-state index in [-0.39, 0.29) is 17.9 Å². The van der Waals surface area contributed by atoms with Crippen LogP contribution < -0.4 is 20.9 Å². The van der Waals surface area contributed by atoms with Crippen molar-refractivity contribution in [2.24, 2.45) is 0 Å². The van der Waals surface area contributed by atoms with E-state index in [0.717, 1.165) is 10.6 Å². The van der Waals surface area contributed by atoms with E-state index in [1.54, 1.807) is 31.2 Å². The fourth-order valence-corrected chi connectivity index (χ4v) is 3.23. The van der Waals surface area contributed by atoms with E-state index in [9.17, 15) is 27.6 Å². The number of halogens is 3. The molecule has 0 aliphatic carbocycles. The van der Waals surface area contributed by atoms with Crippen molar-refractivity contribution in [1.29, 1.82) is 0 Å². The minimum Gasteiger partial charge on any atom is -0.497 e. The van der Waals surface area contributed by atoms with Crippen molar-refractivity contribution in [2.75, 3.05) is 13.7 Å². The van der Waals surface area contributed by atoms with Crippen LogP contribution in [0.2, 0.25) is 0 Å². The van der Waals surface area contributed by atoms with E-state index in [4.69, 9.17) is 9.47 Å². The van der Waals surface area contributed by atoms with Gasteiger partial charge in [0.25, 0.3) is 5.56 Å². The predicted molar refractivity (Wildman–Crippen MR) is 107 cm³/mol. The number of hydrogen-bond donors (Lipinski definition) is 2. The Bertz CT molecular complexity index is 1110. The van der Waals surface area contributed by atoms with Crippen LogP contribution in [-0.4, -0.2) is 30.3 Å². The van der Waals surface area contributed by atoms with Crippen molar-refractivity contribution < 1.29 is 32.2 Å². The third-order valence-electron chi connectivity index (χ3n) is 4.74. The second-order valence-electron chi connectivity index (χ2n) is 6.80. The summed E-state index contributed by atoms with van der Waals surface area (Å²) in [5, 5.41) is 5.03. The molecule has 0 saturated heterocycles. The number of urea groups is 1. The van der Waals surface area contributed by atoms with E-state index in [0.29, 0.717) is 23.6 Å². The minimum atomic E-state index is -4.67. The Kier molecular flexibility index (Phi) is 6.56. The van der Waals surface area contributed by atoms with Gasteiger partial charge in [0.2, 0.25) is 0 Å². The van der Waals surface area contributed by atoms with Crippen LogP contribution >= 0.6 is 0 Å². The summed E-state index contributed by atoms with van der Waals surface area (Å²) in [7, 11) is 1.48. The van der Waals surface area contributed by atoms with Crippen LogP contribution in [0.15, 0.2) is 58.7 Å². The van der Waals surface area contributed by atoms with Gasteiger partial charge in [-0.1, -0.05) is 12.1 Å². The number of carbonyl (C=O) groups excluding carboxylic acids is 2. The molecule has 1 aliphatic rings. The van der Waals surface area contributed by atoms with Gasteiger partial charge in [0.1, 0.15) is 5.75 Å². The molecule has 0 spiro atoms. The SMILES string of the molecule is CCOC(=O)C1=C(Cn2cc(C(F)(F)F)ccc2=O)NC(=O)NC1c1ccc(OC)cc1. The lowest BCUT2D eigenvalue weighted by Crippen LogP contribution is -2.47. The van der Waals surface area contributed by atoms with Crippen molar-refractivity contribution in [3.05, 3.63) is 75.3 Å². The number of aromatic nitrogens is 1. The highest BCUT2D eigenvalue weighted by Gasteiger charge is 2.35. The van der Waals surface area contributed by atoms with E-state index in [1.807, 2.05) is 0 Å². The van der Waals surface area contributed by atoms with Gasteiger partial charge in [-0.15, -0.1) is 0 Å². The van der Waals surface area contributed by atoms with Crippen molar-refractivity contribution in [2.45, 2.75) is 25.7 Å². The third kappa shape index (κ3) is 4.93. The molecule has 1 aliphatic heterocycles. The predicted octanol–water partition coefficient (Wildman–Crippen LogP) is 2.75. The van der Waals surface area contributed by atoms with Crippen LogP contribution in [-0.2, 0) is 22.3 Å². The molecule has 11 heteroatoms. The van der Waals surface area contributed by atoms with Gasteiger partial charge in [-0.2, -0.15) is 13.2 Å². The maximum atomic E-state index is 13.1. The van der Waals surface area contributed by atoms with Gasteiger partial charge >= 0.3 is 18.2 Å². The number of nitrogens with zero attached hydrogens (tertiary/aromatic N) is 1. The van der Waals surface area contributed by atoms with E-state index in [2.05, 4.69) is 10.6 Å². The number of hydrogen-bond acceptors (Lipinski definition) is 5. The Labute approximate surface area is 180 Å². The summed E-state index contributed by atoms with van der Waals surface area (Å²) in [6, 6.07) is 6.31. The van der Waals surface area contributed by atoms with E-state index < -0.39 is 41.9 Å². The van der Waals surface area contributed by atoms with Crippen LogP contribution in [0.5, 0.6) is 5.75 Å². The Balaban J connectivity index is 2.11. The van der Waals surface area contributed by atoms with Gasteiger partial charge in [-0.05, 0) is 30.7 Å². The van der Waals surface area contributed by atoms with Gasteiger partial charge in [0, 0.05) is 12.3 Å². The Morgan fingerprint density at radius 3 is 2.41 bits per heavy atom. The molecule has 170 valence electrons. The van der Waals surface area contributed by atoms with Crippen molar-refractivity contribution in [3.63, 3.8) is 0 Å². The smallest absolute Gasteiger partial charge is 0.417 e. The first-order valence-corrected chi connectivity index (χ1v) is 9.53. The summed E-state index contributed by atoms with van der Waals surface area (Å²) in [6.45, 7) is 1.14. The lowest BCUT2D eigenvalue weighted by molar-refractivity contribution is -0.139. The van der Waals surface area contributed by atoms with Crippen LogP contribution in [0, 0.1) is 0 Å². The van der Waals surface area contributed by atoms with E-state index in [1.165, 1.54) is 7.11 Å². The zero-order valence-electron chi connectivity index (χ0n) is 17.2. The van der Waals surface area contributed by atoms with Crippen LogP contribution in [0.4, 0.5) is 18.0 Å². The standard InChI is InChI=1S/C21H20F3N3O5/c1-3-32-19(29)17-15(11-27-10-13(21(22,23)24)6-9-16(27)28)25-20(30)26-18(17)12-4-7-14(31-2)8-5-12/h4-10,18H,3,11H2,1-2H3,(H2,25,26,30). The molecule has 2 N–H and O–H groups in total. The highest BCUT2D eigenvalue weighted by Crippen LogP contribution is 2.31. The summed E-state index contributed by atoms with van der Waals surface area (Å²) in [4.78, 5) is 37.3. The molecule has 1 aromatic carbocycles. The van der Waals surface area contributed by atoms with Crippen LogP contribution in [0.1, 0.15) is 24.1 Å². The number of esters is 1. The second kappa shape index (κ2) is 9.16. The fourth-order valence-electron chi connectivity index (χ4n) is 3.23. The molecule has 32 heavy (non-hydrogen) atoms. The van der Waals surface area contributed by atoms with Gasteiger partial charge < -0.3 is 24.7 Å². The van der Waals surface area contributed by atoms with Crippen LogP contribution in [0.25, 0.3) is 0 Å². The molecule has 2 aromatic rings. The van der Waals surface area contributed by atoms with Gasteiger partial charge in [0.15, 0.2) is 0 Å². The molecular formula is C21H20F3N3O5. The van der Waals surface area contributed by atoms with Gasteiger partial charge in [0.05, 0.1) is 43.1 Å². The first kappa shape index (κ1) is 22.9. The first-order chi connectivity index (χ1) is 15.1. The average Bonchev–Trinajstić information content (AvgIpc) is 2.74. The molecule has 0 radical (unpaired) electrons. The average molecular weight is 451 g/mol. The van der Waals surface area contributed by atoms with Crippen molar-refractivity contribution >= 4 is 12.0 Å². The zero-order chi connectivity index (χ0) is 23.5. The summed E-state index contributed by atoms with van der Waals surface area (Å²) in [5.74, 6) is -0.234. The molecule has 1 atom stereocenters. The zero-order valence-corrected chi connectivity index (χ0v) is 17.2. The number of rotatable bonds is 6. The topological polar surface area (TPSA) is 98.7 Å². The molecule has 0 fully saturated rings. The normalized spacial score (nSPS) is 16.3. The van der Waals surface area contributed by atoms with Crippen molar-refractivity contribution in [3.8, 4) is 5.75 Å². The monoisotopic (exact) mass is 451 g/mol. The maximum Gasteiger partial charge on any atom is 0.417 e. The lowest BCUT2D eigenvalue weighted by atomic mass is 9.95. The number of carbonyl (C=O) groups is 2. The number of ether oxygens (including phenoxy) is 2.